The van der Waals surface area contributed by atoms with Gasteiger partial charge in [0.2, 0.25) is 0 Å². The number of Topliss-reactive ketones (excluding diaryl/α,β-unsaturated/α-hetero) is 1. The third kappa shape index (κ3) is 5.83. The van der Waals surface area contributed by atoms with Crippen LogP contribution in [0.2, 0.25) is 0 Å². The Morgan fingerprint density at radius 3 is 2.72 bits per heavy atom. The van der Waals surface area contributed by atoms with E-state index in [4.69, 9.17) is 4.74 Å². The molecule has 0 bridgehead atoms. The Labute approximate surface area is 105 Å². The molecule has 0 spiro atoms. The predicted octanol–water partition coefficient (Wildman–Crippen LogP) is 1.59. The van der Waals surface area contributed by atoms with Crippen molar-refractivity contribution in [3.05, 3.63) is 24.3 Å². The SMILES string of the molecule is CC(C)(C)OC(=O)/N=C/C(=O)Cc1ccncn1. The summed E-state index contributed by atoms with van der Waals surface area (Å²) in [5, 5.41) is 0. The van der Waals surface area contributed by atoms with Gasteiger partial charge in [0.1, 0.15) is 11.9 Å². The maximum atomic E-state index is 11.5. The van der Waals surface area contributed by atoms with Crippen molar-refractivity contribution >= 4 is 18.1 Å². The Morgan fingerprint density at radius 2 is 2.17 bits per heavy atom. The largest absolute Gasteiger partial charge is 0.442 e. The molecule has 0 aromatic carbocycles. The molecular formula is C12H15N3O3. The van der Waals surface area contributed by atoms with E-state index in [1.807, 2.05) is 0 Å². The summed E-state index contributed by atoms with van der Waals surface area (Å²) < 4.78 is 4.92. The molecule has 0 aliphatic rings. The van der Waals surface area contributed by atoms with Gasteiger partial charge in [0, 0.05) is 6.20 Å². The lowest BCUT2D eigenvalue weighted by atomic mass is 10.2. The fourth-order valence-electron chi connectivity index (χ4n) is 1.06. The van der Waals surface area contributed by atoms with Crippen LogP contribution in [0.15, 0.2) is 23.6 Å². The monoisotopic (exact) mass is 249 g/mol. The molecule has 0 radical (unpaired) electrons. The summed E-state index contributed by atoms with van der Waals surface area (Å²) in [4.78, 5) is 33.7. The molecule has 0 saturated carbocycles. The van der Waals surface area contributed by atoms with Gasteiger partial charge >= 0.3 is 6.09 Å². The summed E-state index contributed by atoms with van der Waals surface area (Å²) in [6.07, 6.45) is 3.15. The highest BCUT2D eigenvalue weighted by Gasteiger charge is 2.15. The van der Waals surface area contributed by atoms with Gasteiger partial charge < -0.3 is 4.74 Å². The van der Waals surface area contributed by atoms with Gasteiger partial charge in [-0.25, -0.2) is 14.8 Å². The summed E-state index contributed by atoms with van der Waals surface area (Å²) in [6, 6.07) is 1.62. The third-order valence-electron chi connectivity index (χ3n) is 1.71. The van der Waals surface area contributed by atoms with Crippen LogP contribution < -0.4 is 0 Å². The van der Waals surface area contributed by atoms with E-state index in [1.54, 1.807) is 33.0 Å². The number of carbonyl (C=O) groups excluding carboxylic acids is 2. The Kier molecular flexibility index (Phi) is 4.65. The second-order valence-electron chi connectivity index (χ2n) is 4.58. The van der Waals surface area contributed by atoms with Gasteiger partial charge in [-0.1, -0.05) is 0 Å². The number of aromatic nitrogens is 2. The van der Waals surface area contributed by atoms with E-state index >= 15 is 0 Å². The first-order chi connectivity index (χ1) is 8.37. The molecule has 0 fully saturated rings. The van der Waals surface area contributed by atoms with E-state index < -0.39 is 11.7 Å². The summed E-state index contributed by atoms with van der Waals surface area (Å²) >= 11 is 0. The Hall–Kier alpha value is -2.11. The minimum Gasteiger partial charge on any atom is -0.442 e. The summed E-state index contributed by atoms with van der Waals surface area (Å²) in [6.45, 7) is 5.18. The third-order valence-corrected chi connectivity index (χ3v) is 1.71. The van der Waals surface area contributed by atoms with Crippen molar-refractivity contribution in [1.29, 1.82) is 0 Å². The van der Waals surface area contributed by atoms with Gasteiger partial charge in [-0.15, -0.1) is 0 Å². The van der Waals surface area contributed by atoms with Crippen LogP contribution in [-0.2, 0) is 16.0 Å². The maximum absolute atomic E-state index is 11.5. The van der Waals surface area contributed by atoms with Crippen molar-refractivity contribution in [3.8, 4) is 0 Å². The minimum atomic E-state index is -0.779. The molecule has 1 heterocycles. The molecule has 0 aliphatic carbocycles. The van der Waals surface area contributed by atoms with E-state index in [0.717, 1.165) is 6.21 Å². The first kappa shape index (κ1) is 14.0. The molecule has 1 aromatic rings. The highest BCUT2D eigenvalue weighted by atomic mass is 16.6. The number of carbonyl (C=O) groups is 2. The number of amides is 1. The predicted molar refractivity (Wildman–Crippen MR) is 65.5 cm³/mol. The van der Waals surface area contributed by atoms with Gasteiger partial charge in [-0.05, 0) is 26.8 Å². The lowest BCUT2D eigenvalue weighted by Crippen LogP contribution is -2.22. The fraction of sp³-hybridized carbons (Fsp3) is 0.417. The quantitative estimate of drug-likeness (QED) is 0.760. The number of ether oxygens (including phenoxy) is 1. The number of hydrogen-bond donors (Lipinski definition) is 0. The second-order valence-corrected chi connectivity index (χ2v) is 4.58. The number of nitrogens with zero attached hydrogens (tertiary/aromatic N) is 3. The van der Waals surface area contributed by atoms with Gasteiger partial charge in [-0.3, -0.25) is 4.79 Å². The van der Waals surface area contributed by atoms with Crippen molar-refractivity contribution in [1.82, 2.24) is 9.97 Å². The number of rotatable bonds is 3. The van der Waals surface area contributed by atoms with Crippen LogP contribution in [0.5, 0.6) is 0 Å². The lowest BCUT2D eigenvalue weighted by molar-refractivity contribution is -0.112. The molecule has 6 nitrogen and oxygen atoms in total. The molecule has 18 heavy (non-hydrogen) atoms. The Bertz CT molecular complexity index is 449. The standard InChI is InChI=1S/C12H15N3O3/c1-12(2,3)18-11(17)14-7-10(16)6-9-4-5-13-8-15-9/h4-5,7-8H,6H2,1-3H3/b14-7+. The minimum absolute atomic E-state index is 0.0782. The van der Waals surface area contributed by atoms with Crippen LogP contribution in [0.3, 0.4) is 0 Å². The molecule has 0 aliphatic heterocycles. The van der Waals surface area contributed by atoms with Crippen molar-refractivity contribution < 1.29 is 14.3 Å². The summed E-state index contributed by atoms with van der Waals surface area (Å²) in [7, 11) is 0. The van der Waals surface area contributed by atoms with Crippen molar-refractivity contribution in [2.24, 2.45) is 4.99 Å². The van der Waals surface area contributed by atoms with Crippen LogP contribution in [0, 0.1) is 0 Å². The molecular weight excluding hydrogens is 234 g/mol. The van der Waals surface area contributed by atoms with E-state index in [-0.39, 0.29) is 12.2 Å². The first-order valence-electron chi connectivity index (χ1n) is 5.41. The smallest absolute Gasteiger partial charge is 0.434 e. The van der Waals surface area contributed by atoms with E-state index in [9.17, 15) is 9.59 Å². The van der Waals surface area contributed by atoms with Gasteiger partial charge in [0.15, 0.2) is 5.78 Å². The van der Waals surface area contributed by atoms with Gasteiger partial charge in [0.25, 0.3) is 0 Å². The number of ketones is 1. The molecule has 1 aromatic heterocycles. The molecule has 0 N–H and O–H groups in total. The van der Waals surface area contributed by atoms with Crippen LogP contribution >= 0.6 is 0 Å². The summed E-state index contributed by atoms with van der Waals surface area (Å²) in [5.41, 5.74) is -0.0462. The highest BCUT2D eigenvalue weighted by Crippen LogP contribution is 2.07. The zero-order valence-electron chi connectivity index (χ0n) is 10.6. The lowest BCUT2D eigenvalue weighted by Gasteiger charge is -2.16. The van der Waals surface area contributed by atoms with Crippen molar-refractivity contribution in [2.75, 3.05) is 0 Å². The fourth-order valence-corrected chi connectivity index (χ4v) is 1.06. The van der Waals surface area contributed by atoms with Crippen LogP contribution in [0.4, 0.5) is 4.79 Å². The van der Waals surface area contributed by atoms with Gasteiger partial charge in [-0.2, -0.15) is 4.99 Å². The van der Waals surface area contributed by atoms with Crippen LogP contribution in [0.1, 0.15) is 26.5 Å². The Morgan fingerprint density at radius 1 is 1.44 bits per heavy atom. The van der Waals surface area contributed by atoms with Crippen LogP contribution in [-0.4, -0.2) is 33.7 Å². The number of aliphatic imine (C=N–C) groups is 1. The average Bonchev–Trinajstić information content (AvgIpc) is 2.25. The topological polar surface area (TPSA) is 81.5 Å². The Balaban J connectivity index is 2.48. The number of hydrogen-bond acceptors (Lipinski definition) is 5. The van der Waals surface area contributed by atoms with Crippen molar-refractivity contribution in [2.45, 2.75) is 32.8 Å². The molecule has 0 atom stereocenters. The van der Waals surface area contributed by atoms with E-state index in [0.29, 0.717) is 5.69 Å². The zero-order valence-corrected chi connectivity index (χ0v) is 10.6. The summed E-state index contributed by atoms with van der Waals surface area (Å²) in [5.74, 6) is -0.320. The molecule has 0 saturated heterocycles. The van der Waals surface area contributed by atoms with Gasteiger partial charge in [0.05, 0.1) is 18.3 Å². The maximum Gasteiger partial charge on any atom is 0.434 e. The molecule has 1 amide bonds. The first-order valence-corrected chi connectivity index (χ1v) is 5.41. The molecule has 0 unspecified atom stereocenters. The highest BCUT2D eigenvalue weighted by molar-refractivity contribution is 6.29. The van der Waals surface area contributed by atoms with E-state index in [1.165, 1.54) is 6.33 Å². The van der Waals surface area contributed by atoms with Crippen LogP contribution in [0.25, 0.3) is 0 Å². The normalized spacial score (nSPS) is 11.5. The zero-order chi connectivity index (χ0) is 13.6. The van der Waals surface area contributed by atoms with E-state index in [2.05, 4.69) is 15.0 Å². The van der Waals surface area contributed by atoms with Crippen molar-refractivity contribution in [3.63, 3.8) is 0 Å². The average molecular weight is 249 g/mol. The molecule has 96 valence electrons. The second kappa shape index (κ2) is 6.00. The molecule has 6 heteroatoms. The molecule has 1 rings (SSSR count).